The summed E-state index contributed by atoms with van der Waals surface area (Å²) in [5, 5.41) is 9.48. The molecule has 1 amide bonds. The first-order chi connectivity index (χ1) is 11.4. The van der Waals surface area contributed by atoms with E-state index in [9.17, 15) is 14.7 Å². The van der Waals surface area contributed by atoms with Gasteiger partial charge in [-0.3, -0.25) is 4.90 Å². The maximum Gasteiger partial charge on any atom is 0.408 e. The van der Waals surface area contributed by atoms with E-state index in [1.165, 1.54) is 13.2 Å². The van der Waals surface area contributed by atoms with Crippen LogP contribution in [0, 0.1) is 0 Å². The molecule has 1 heterocycles. The second kappa shape index (κ2) is 7.88. The van der Waals surface area contributed by atoms with Crippen molar-refractivity contribution in [3.63, 3.8) is 0 Å². The zero-order valence-corrected chi connectivity index (χ0v) is 17.1. The van der Waals surface area contributed by atoms with E-state index >= 15 is 0 Å². The van der Waals surface area contributed by atoms with E-state index in [-0.39, 0.29) is 24.8 Å². The number of ether oxygens (including phenoxy) is 2. The van der Waals surface area contributed by atoms with Crippen LogP contribution in [-0.2, 0) is 18.7 Å². The van der Waals surface area contributed by atoms with Gasteiger partial charge in [0.2, 0.25) is 0 Å². The van der Waals surface area contributed by atoms with E-state index in [1.54, 1.807) is 0 Å². The van der Waals surface area contributed by atoms with Crippen molar-refractivity contribution in [1.29, 1.82) is 0 Å². The van der Waals surface area contributed by atoms with Crippen molar-refractivity contribution in [3.8, 4) is 0 Å². The summed E-state index contributed by atoms with van der Waals surface area (Å²) in [7, 11) is -0.611. The monoisotopic (exact) mass is 373 g/mol. The van der Waals surface area contributed by atoms with Gasteiger partial charge in [0.25, 0.3) is 0 Å². The van der Waals surface area contributed by atoms with Crippen molar-refractivity contribution in [2.24, 2.45) is 0 Å². The van der Waals surface area contributed by atoms with E-state index < -0.39 is 32.0 Å². The highest BCUT2D eigenvalue weighted by Crippen LogP contribution is 2.38. The van der Waals surface area contributed by atoms with Gasteiger partial charge in [-0.15, -0.1) is 6.58 Å². The van der Waals surface area contributed by atoms with Crippen LogP contribution >= 0.6 is 0 Å². The first kappa shape index (κ1) is 21.7. The highest BCUT2D eigenvalue weighted by Gasteiger charge is 2.57. The molecule has 1 N–H and O–H groups in total. The van der Waals surface area contributed by atoms with E-state index in [1.807, 2.05) is 0 Å². The molecule has 0 aromatic heterocycles. The first-order valence-electron chi connectivity index (χ1n) is 8.39. The summed E-state index contributed by atoms with van der Waals surface area (Å²) in [6, 6.07) is 0. The molecule has 0 aliphatic carbocycles. The van der Waals surface area contributed by atoms with Gasteiger partial charge in [-0.05, 0) is 24.6 Å². The van der Waals surface area contributed by atoms with Crippen LogP contribution in [0.4, 0.5) is 4.79 Å². The Morgan fingerprint density at radius 3 is 2.44 bits per heavy atom. The zero-order valence-electron chi connectivity index (χ0n) is 16.1. The predicted molar refractivity (Wildman–Crippen MR) is 96.9 cm³/mol. The molecule has 0 aromatic carbocycles. The summed E-state index contributed by atoms with van der Waals surface area (Å²) in [6.07, 6.45) is 0.306. The number of likely N-dealkylation sites (tertiary alicyclic amines) is 1. The number of carboxylic acid groups (broad SMARTS) is 1. The van der Waals surface area contributed by atoms with Crippen molar-refractivity contribution in [3.05, 3.63) is 12.7 Å². The third kappa shape index (κ3) is 4.24. The molecule has 0 bridgehead atoms. The van der Waals surface area contributed by atoms with Crippen molar-refractivity contribution >= 4 is 20.4 Å². The molecule has 2 unspecified atom stereocenters. The number of nitrogens with zero attached hydrogens (tertiary/aromatic N) is 1. The Morgan fingerprint density at radius 1 is 1.40 bits per heavy atom. The summed E-state index contributed by atoms with van der Waals surface area (Å²) in [6.45, 7) is 14.0. The third-order valence-corrected chi connectivity index (χ3v) is 9.82. The van der Waals surface area contributed by atoms with Crippen LogP contribution in [-0.4, -0.2) is 62.5 Å². The van der Waals surface area contributed by atoms with Crippen LogP contribution in [0.5, 0.6) is 0 Å². The molecule has 0 saturated carbocycles. The molecule has 0 radical (unpaired) electrons. The van der Waals surface area contributed by atoms with Crippen molar-refractivity contribution in [2.75, 3.05) is 20.4 Å². The highest BCUT2D eigenvalue weighted by molar-refractivity contribution is 6.74. The minimum absolute atomic E-state index is 0.0201. The number of carbonyl (C=O) groups is 2. The number of methoxy groups -OCH3 is 1. The minimum Gasteiger partial charge on any atom is -0.465 e. The molecule has 1 rings (SSSR count). The first-order valence-corrected chi connectivity index (χ1v) is 11.3. The summed E-state index contributed by atoms with van der Waals surface area (Å²) >= 11 is 0. The number of hydrogen-bond acceptors (Lipinski definition) is 5. The van der Waals surface area contributed by atoms with Gasteiger partial charge >= 0.3 is 12.1 Å². The maximum absolute atomic E-state index is 12.9. The van der Waals surface area contributed by atoms with E-state index in [4.69, 9.17) is 13.9 Å². The van der Waals surface area contributed by atoms with Crippen molar-refractivity contribution < 1.29 is 28.6 Å². The number of amides is 1. The lowest BCUT2D eigenvalue weighted by atomic mass is 9.89. The molecule has 1 saturated heterocycles. The van der Waals surface area contributed by atoms with Crippen LogP contribution in [0.3, 0.4) is 0 Å². The quantitative estimate of drug-likeness (QED) is 0.319. The fraction of sp³-hybridized carbons (Fsp3) is 0.765. The molecule has 1 aliphatic heterocycles. The summed E-state index contributed by atoms with van der Waals surface area (Å²) in [5.41, 5.74) is -1.42. The Bertz CT molecular complexity index is 516. The Labute approximate surface area is 151 Å². The van der Waals surface area contributed by atoms with Crippen LogP contribution < -0.4 is 0 Å². The number of esters is 1. The van der Waals surface area contributed by atoms with Crippen LogP contribution in [0.25, 0.3) is 0 Å². The van der Waals surface area contributed by atoms with Crippen LogP contribution in [0.2, 0.25) is 18.1 Å². The van der Waals surface area contributed by atoms with Crippen LogP contribution in [0.1, 0.15) is 33.6 Å². The summed E-state index contributed by atoms with van der Waals surface area (Å²) in [4.78, 5) is 25.6. The molecule has 7 nitrogen and oxygen atoms in total. The molecule has 25 heavy (non-hydrogen) atoms. The molecule has 0 aromatic rings. The SMILES string of the molecule is C=CCC1(C(=O)OCO[Si](C)(C)C(C)(C)C)C(OC)CCN1C(=O)O. The Kier molecular flexibility index (Phi) is 6.83. The van der Waals surface area contributed by atoms with E-state index in [2.05, 4.69) is 40.4 Å². The lowest BCUT2D eigenvalue weighted by molar-refractivity contribution is -0.169. The Balaban J connectivity index is 2.96. The average molecular weight is 374 g/mol. The second-order valence-electron chi connectivity index (χ2n) is 7.82. The van der Waals surface area contributed by atoms with Gasteiger partial charge in [-0.1, -0.05) is 26.8 Å². The average Bonchev–Trinajstić information content (AvgIpc) is 2.85. The third-order valence-electron chi connectivity index (χ3n) is 5.37. The maximum atomic E-state index is 12.9. The van der Waals surface area contributed by atoms with Gasteiger partial charge in [0, 0.05) is 20.1 Å². The molecule has 0 spiro atoms. The second-order valence-corrected chi connectivity index (χ2v) is 12.6. The lowest BCUT2D eigenvalue weighted by Crippen LogP contribution is -2.59. The van der Waals surface area contributed by atoms with Gasteiger partial charge in [0.1, 0.15) is 0 Å². The number of carbonyl (C=O) groups excluding carboxylic acids is 1. The van der Waals surface area contributed by atoms with Gasteiger partial charge < -0.3 is 19.0 Å². The van der Waals surface area contributed by atoms with Gasteiger partial charge in [-0.2, -0.15) is 0 Å². The molecular formula is C17H31NO6Si. The Hall–Kier alpha value is -1.38. The fourth-order valence-electron chi connectivity index (χ4n) is 2.80. The highest BCUT2D eigenvalue weighted by atomic mass is 28.4. The summed E-state index contributed by atoms with van der Waals surface area (Å²) in [5.74, 6) is -0.655. The predicted octanol–water partition coefficient (Wildman–Crippen LogP) is 3.22. The van der Waals surface area contributed by atoms with Gasteiger partial charge in [0.15, 0.2) is 20.6 Å². The van der Waals surface area contributed by atoms with E-state index in [0.717, 1.165) is 4.90 Å². The zero-order chi connectivity index (χ0) is 19.5. The molecule has 1 fully saturated rings. The number of rotatable bonds is 7. The smallest absolute Gasteiger partial charge is 0.408 e. The summed E-state index contributed by atoms with van der Waals surface area (Å²) < 4.78 is 16.6. The lowest BCUT2D eigenvalue weighted by Gasteiger charge is -2.38. The fourth-order valence-corrected chi connectivity index (χ4v) is 3.58. The van der Waals surface area contributed by atoms with Gasteiger partial charge in [0.05, 0.1) is 6.10 Å². The van der Waals surface area contributed by atoms with Gasteiger partial charge in [-0.25, -0.2) is 9.59 Å². The normalized spacial score (nSPS) is 24.2. The topological polar surface area (TPSA) is 85.3 Å². The molecular weight excluding hydrogens is 342 g/mol. The molecule has 8 heteroatoms. The Morgan fingerprint density at radius 2 is 2.00 bits per heavy atom. The van der Waals surface area contributed by atoms with Crippen molar-refractivity contribution in [1.82, 2.24) is 4.90 Å². The largest absolute Gasteiger partial charge is 0.465 e. The minimum atomic E-state index is -2.08. The molecule has 144 valence electrons. The van der Waals surface area contributed by atoms with E-state index in [0.29, 0.717) is 6.42 Å². The van der Waals surface area contributed by atoms with Crippen LogP contribution in [0.15, 0.2) is 12.7 Å². The van der Waals surface area contributed by atoms with Crippen molar-refractivity contribution in [2.45, 2.75) is 63.4 Å². The molecule has 2 atom stereocenters. The number of hydrogen-bond donors (Lipinski definition) is 1. The molecule has 1 aliphatic rings. The standard InChI is InChI=1S/C17H31NO6Si/c1-8-10-17(13(22-5)9-11-18(17)15(20)21)14(19)23-12-24-25(6,7)16(2,3)4/h8,13H,1,9-12H2,2-7H3,(H,20,21).